The van der Waals surface area contributed by atoms with Gasteiger partial charge in [-0.05, 0) is 31.2 Å². The Morgan fingerprint density at radius 2 is 1.56 bits per heavy atom. The Labute approximate surface area is 111 Å². The van der Waals surface area contributed by atoms with E-state index in [0.29, 0.717) is 10.2 Å². The first-order valence-electron chi connectivity index (χ1n) is 5.70. The van der Waals surface area contributed by atoms with E-state index in [1.165, 1.54) is 0 Å². The third-order valence-electron chi connectivity index (χ3n) is 3.35. The third-order valence-corrected chi connectivity index (χ3v) is 4.91. The van der Waals surface area contributed by atoms with Crippen LogP contribution in [0, 0.1) is 0 Å². The Bertz CT molecular complexity index is 381. The minimum Gasteiger partial charge on any atom is -0.399 e. The fourth-order valence-corrected chi connectivity index (χ4v) is 2.36. The fraction of sp³-hybridized carbons (Fsp3) is 0.500. The molecule has 102 valence electrons. The van der Waals surface area contributed by atoms with E-state index in [0.717, 1.165) is 11.4 Å². The van der Waals surface area contributed by atoms with Crippen molar-refractivity contribution in [3.05, 3.63) is 24.3 Å². The SMILES string of the molecule is COC([SiH3])(Nc1ccc(N)cc1)C(C)(OC)OC. The van der Waals surface area contributed by atoms with E-state index in [1.54, 1.807) is 21.3 Å². The lowest BCUT2D eigenvalue weighted by Gasteiger charge is -2.44. The molecule has 6 heteroatoms. The van der Waals surface area contributed by atoms with Crippen molar-refractivity contribution in [2.24, 2.45) is 0 Å². The normalized spacial score (nSPS) is 15.3. The average molecular weight is 270 g/mol. The van der Waals surface area contributed by atoms with Gasteiger partial charge in [0, 0.05) is 32.7 Å². The summed E-state index contributed by atoms with van der Waals surface area (Å²) in [7, 11) is 5.49. The highest BCUT2D eigenvalue weighted by atomic mass is 28.1. The van der Waals surface area contributed by atoms with Gasteiger partial charge in [0.15, 0.2) is 5.35 Å². The van der Waals surface area contributed by atoms with Crippen LogP contribution in [-0.4, -0.2) is 42.7 Å². The highest BCUT2D eigenvalue weighted by Gasteiger charge is 2.46. The quantitative estimate of drug-likeness (QED) is 0.444. The van der Waals surface area contributed by atoms with Crippen molar-refractivity contribution in [1.29, 1.82) is 0 Å². The zero-order chi connectivity index (χ0) is 13.8. The maximum atomic E-state index is 5.66. The predicted molar refractivity (Wildman–Crippen MR) is 76.6 cm³/mol. The van der Waals surface area contributed by atoms with Crippen molar-refractivity contribution in [1.82, 2.24) is 0 Å². The van der Waals surface area contributed by atoms with Gasteiger partial charge < -0.3 is 25.3 Å². The van der Waals surface area contributed by atoms with Crippen LogP contribution >= 0.6 is 0 Å². The molecule has 0 aromatic heterocycles. The number of methoxy groups -OCH3 is 3. The Balaban J connectivity index is 2.98. The lowest BCUT2D eigenvalue weighted by atomic mass is 10.2. The standard InChI is InChI=1S/C12H22N2O3Si/c1-11(15-2,16-3)12(18,17-4)14-10-7-5-9(13)6-8-10/h5-8,14H,13H2,1-4,18H3. The van der Waals surface area contributed by atoms with E-state index < -0.39 is 11.1 Å². The molecule has 0 aliphatic heterocycles. The van der Waals surface area contributed by atoms with Crippen LogP contribution in [0.5, 0.6) is 0 Å². The molecule has 0 aliphatic carbocycles. The van der Waals surface area contributed by atoms with E-state index in [2.05, 4.69) is 5.32 Å². The Morgan fingerprint density at radius 1 is 1.06 bits per heavy atom. The smallest absolute Gasteiger partial charge is 0.208 e. The van der Waals surface area contributed by atoms with Gasteiger partial charge in [-0.3, -0.25) is 0 Å². The Hall–Kier alpha value is -1.08. The molecular formula is C12H22N2O3Si. The summed E-state index contributed by atoms with van der Waals surface area (Å²) in [4.78, 5) is 0. The van der Waals surface area contributed by atoms with Gasteiger partial charge in [-0.1, -0.05) is 0 Å². The minimum atomic E-state index is -0.866. The number of hydrogen-bond donors (Lipinski definition) is 2. The minimum absolute atomic E-state index is 0.664. The molecule has 5 nitrogen and oxygen atoms in total. The number of nitrogen functional groups attached to an aromatic ring is 1. The van der Waals surface area contributed by atoms with Gasteiger partial charge in [0.1, 0.15) is 0 Å². The third kappa shape index (κ3) is 2.84. The lowest BCUT2D eigenvalue weighted by molar-refractivity contribution is -0.261. The first-order chi connectivity index (χ1) is 8.40. The number of nitrogens with one attached hydrogen (secondary N) is 1. The number of anilines is 2. The molecular weight excluding hydrogens is 248 g/mol. The van der Waals surface area contributed by atoms with Crippen LogP contribution in [0.2, 0.25) is 0 Å². The Morgan fingerprint density at radius 3 is 1.94 bits per heavy atom. The van der Waals surface area contributed by atoms with Gasteiger partial charge in [-0.25, -0.2) is 0 Å². The summed E-state index contributed by atoms with van der Waals surface area (Å²) in [5.41, 5.74) is 7.29. The van der Waals surface area contributed by atoms with Crippen molar-refractivity contribution in [2.75, 3.05) is 32.4 Å². The highest BCUT2D eigenvalue weighted by molar-refractivity contribution is 6.16. The van der Waals surface area contributed by atoms with Crippen LogP contribution in [0.4, 0.5) is 11.4 Å². The molecule has 0 bridgehead atoms. The molecule has 3 N–H and O–H groups in total. The topological polar surface area (TPSA) is 65.7 Å². The van der Waals surface area contributed by atoms with Gasteiger partial charge >= 0.3 is 0 Å². The van der Waals surface area contributed by atoms with E-state index >= 15 is 0 Å². The molecule has 0 spiro atoms. The highest BCUT2D eigenvalue weighted by Crippen LogP contribution is 2.28. The summed E-state index contributed by atoms with van der Waals surface area (Å²) in [6.45, 7) is 1.84. The number of benzene rings is 1. The average Bonchev–Trinajstić information content (AvgIpc) is 2.40. The fourth-order valence-electron chi connectivity index (χ4n) is 1.66. The number of nitrogens with two attached hydrogens (primary N) is 1. The van der Waals surface area contributed by atoms with E-state index in [1.807, 2.05) is 31.2 Å². The van der Waals surface area contributed by atoms with Crippen LogP contribution < -0.4 is 11.1 Å². The van der Waals surface area contributed by atoms with Gasteiger partial charge in [0.05, 0.1) is 10.2 Å². The molecule has 0 aliphatic rings. The van der Waals surface area contributed by atoms with Gasteiger partial charge in [0.2, 0.25) is 5.79 Å². The zero-order valence-electron chi connectivity index (χ0n) is 11.6. The summed E-state index contributed by atoms with van der Waals surface area (Å²) in [5.74, 6) is -0.866. The molecule has 0 saturated heterocycles. The maximum absolute atomic E-state index is 5.66. The summed E-state index contributed by atoms with van der Waals surface area (Å²) in [6.07, 6.45) is 0. The molecule has 1 rings (SSSR count). The lowest BCUT2D eigenvalue weighted by Crippen LogP contribution is -2.61. The van der Waals surface area contributed by atoms with Crippen LogP contribution in [0.1, 0.15) is 6.92 Å². The van der Waals surface area contributed by atoms with Crippen molar-refractivity contribution in [3.63, 3.8) is 0 Å². The molecule has 0 radical (unpaired) electrons. The first kappa shape index (κ1) is 15.0. The van der Waals surface area contributed by atoms with Crippen molar-refractivity contribution in [2.45, 2.75) is 18.1 Å². The number of hydrogen-bond acceptors (Lipinski definition) is 5. The second-order valence-electron chi connectivity index (χ2n) is 4.34. The molecule has 0 saturated carbocycles. The van der Waals surface area contributed by atoms with Crippen LogP contribution in [0.3, 0.4) is 0 Å². The van der Waals surface area contributed by atoms with Gasteiger partial charge in [-0.15, -0.1) is 0 Å². The second-order valence-corrected chi connectivity index (χ2v) is 5.75. The zero-order valence-corrected chi connectivity index (χ0v) is 13.6. The summed E-state index contributed by atoms with van der Waals surface area (Å²) in [5, 5.41) is 2.61. The first-order valence-corrected chi connectivity index (χ1v) is 6.70. The Kier molecular flexibility index (Phi) is 4.75. The van der Waals surface area contributed by atoms with Crippen molar-refractivity contribution < 1.29 is 14.2 Å². The van der Waals surface area contributed by atoms with Crippen molar-refractivity contribution in [3.8, 4) is 0 Å². The molecule has 1 aromatic rings. The number of rotatable bonds is 6. The van der Waals surface area contributed by atoms with Gasteiger partial charge in [-0.2, -0.15) is 0 Å². The summed E-state index contributed by atoms with van der Waals surface area (Å²) < 4.78 is 16.5. The van der Waals surface area contributed by atoms with Crippen LogP contribution in [0.15, 0.2) is 24.3 Å². The summed E-state index contributed by atoms with van der Waals surface area (Å²) >= 11 is 0. The molecule has 0 heterocycles. The van der Waals surface area contributed by atoms with E-state index in [-0.39, 0.29) is 0 Å². The number of ether oxygens (including phenoxy) is 3. The summed E-state index contributed by atoms with van der Waals surface area (Å²) in [6, 6.07) is 7.45. The second kappa shape index (κ2) is 5.70. The molecule has 0 fully saturated rings. The molecule has 1 unspecified atom stereocenters. The predicted octanol–water partition coefficient (Wildman–Crippen LogP) is 0.355. The van der Waals surface area contributed by atoms with Crippen LogP contribution in [0.25, 0.3) is 0 Å². The molecule has 0 amide bonds. The van der Waals surface area contributed by atoms with E-state index in [9.17, 15) is 0 Å². The molecule has 1 aromatic carbocycles. The van der Waals surface area contributed by atoms with Crippen molar-refractivity contribution >= 4 is 21.6 Å². The van der Waals surface area contributed by atoms with Gasteiger partial charge in [0.25, 0.3) is 0 Å². The molecule has 18 heavy (non-hydrogen) atoms. The largest absolute Gasteiger partial charge is 0.399 e. The monoisotopic (exact) mass is 270 g/mol. The molecule has 1 atom stereocenters. The maximum Gasteiger partial charge on any atom is 0.208 e. The van der Waals surface area contributed by atoms with E-state index in [4.69, 9.17) is 19.9 Å². The van der Waals surface area contributed by atoms with Crippen LogP contribution in [-0.2, 0) is 14.2 Å².